The minimum atomic E-state index is -0.141. The van der Waals surface area contributed by atoms with Crippen molar-refractivity contribution in [2.45, 2.75) is 38.1 Å². The molecule has 0 aliphatic heterocycles. The predicted octanol–water partition coefficient (Wildman–Crippen LogP) is 1.86. The zero-order chi connectivity index (χ0) is 12.3. The Balaban J connectivity index is 2.14. The molecule has 0 unspecified atom stereocenters. The van der Waals surface area contributed by atoms with Crippen LogP contribution < -0.4 is 11.1 Å². The van der Waals surface area contributed by atoms with Gasteiger partial charge in [0.05, 0.1) is 5.54 Å². The minimum absolute atomic E-state index is 0.0209. The molecule has 0 bridgehead atoms. The predicted molar refractivity (Wildman–Crippen MR) is 68.9 cm³/mol. The lowest BCUT2D eigenvalue weighted by Crippen LogP contribution is -2.58. The fourth-order valence-electron chi connectivity index (χ4n) is 2.34. The van der Waals surface area contributed by atoms with Crippen LogP contribution >= 0.6 is 0 Å². The Hall–Kier alpha value is -1.35. The molecule has 2 rings (SSSR count). The first-order valence-electron chi connectivity index (χ1n) is 6.31. The van der Waals surface area contributed by atoms with E-state index < -0.39 is 0 Å². The van der Waals surface area contributed by atoms with Gasteiger partial charge in [0, 0.05) is 12.1 Å². The summed E-state index contributed by atoms with van der Waals surface area (Å²) in [5.74, 6) is 0.0209. The van der Waals surface area contributed by atoms with Crippen molar-refractivity contribution in [3.05, 3.63) is 35.4 Å². The lowest BCUT2D eigenvalue weighted by atomic mass is 9.76. The highest BCUT2D eigenvalue weighted by atomic mass is 16.1. The van der Waals surface area contributed by atoms with Crippen molar-refractivity contribution < 1.29 is 4.79 Å². The molecule has 0 saturated heterocycles. The zero-order valence-corrected chi connectivity index (χ0v) is 10.3. The quantitative estimate of drug-likeness (QED) is 0.832. The number of aryl methyl sites for hydroxylation is 1. The topological polar surface area (TPSA) is 55.1 Å². The lowest BCUT2D eigenvalue weighted by Gasteiger charge is -2.41. The van der Waals surface area contributed by atoms with Gasteiger partial charge in [-0.2, -0.15) is 0 Å². The number of carbonyl (C=O) groups is 1. The van der Waals surface area contributed by atoms with Gasteiger partial charge in [0.2, 0.25) is 0 Å². The van der Waals surface area contributed by atoms with Crippen LogP contribution in [-0.4, -0.2) is 18.0 Å². The van der Waals surface area contributed by atoms with E-state index in [1.54, 1.807) is 0 Å². The molecule has 1 aromatic carbocycles. The van der Waals surface area contributed by atoms with Crippen molar-refractivity contribution >= 4 is 5.91 Å². The molecule has 92 valence electrons. The highest BCUT2D eigenvalue weighted by Gasteiger charge is 2.37. The monoisotopic (exact) mass is 232 g/mol. The van der Waals surface area contributed by atoms with Crippen LogP contribution in [-0.2, 0) is 6.42 Å². The van der Waals surface area contributed by atoms with Crippen molar-refractivity contribution in [1.29, 1.82) is 0 Å². The molecule has 1 fully saturated rings. The maximum absolute atomic E-state index is 12.2. The van der Waals surface area contributed by atoms with Crippen molar-refractivity contribution in [1.82, 2.24) is 5.32 Å². The van der Waals surface area contributed by atoms with E-state index in [-0.39, 0.29) is 11.4 Å². The number of benzene rings is 1. The van der Waals surface area contributed by atoms with Crippen LogP contribution in [0, 0.1) is 0 Å². The first-order valence-corrected chi connectivity index (χ1v) is 6.31. The van der Waals surface area contributed by atoms with Crippen LogP contribution in [0.2, 0.25) is 0 Å². The van der Waals surface area contributed by atoms with E-state index in [0.717, 1.165) is 36.8 Å². The Kier molecular flexibility index (Phi) is 3.48. The number of hydrogen-bond donors (Lipinski definition) is 2. The van der Waals surface area contributed by atoms with E-state index in [2.05, 4.69) is 12.2 Å². The molecule has 0 spiro atoms. The fourth-order valence-corrected chi connectivity index (χ4v) is 2.34. The van der Waals surface area contributed by atoms with Crippen LogP contribution in [0.25, 0.3) is 0 Å². The van der Waals surface area contributed by atoms with Gasteiger partial charge in [0.1, 0.15) is 0 Å². The summed E-state index contributed by atoms with van der Waals surface area (Å²) in [5, 5.41) is 3.11. The van der Waals surface area contributed by atoms with Crippen molar-refractivity contribution in [2.24, 2.45) is 5.73 Å². The summed E-state index contributed by atoms with van der Waals surface area (Å²) in [6.45, 7) is 2.60. The number of amides is 1. The second kappa shape index (κ2) is 4.88. The Morgan fingerprint density at radius 1 is 1.41 bits per heavy atom. The fraction of sp³-hybridized carbons (Fsp3) is 0.500. The first kappa shape index (κ1) is 12.1. The molecule has 1 saturated carbocycles. The number of nitrogens with one attached hydrogen (secondary N) is 1. The first-order chi connectivity index (χ1) is 8.21. The minimum Gasteiger partial charge on any atom is -0.345 e. The maximum atomic E-state index is 12.2. The molecule has 3 N–H and O–H groups in total. The highest BCUT2D eigenvalue weighted by molar-refractivity contribution is 5.96. The van der Waals surface area contributed by atoms with E-state index in [4.69, 9.17) is 5.73 Å². The summed E-state index contributed by atoms with van der Waals surface area (Å²) < 4.78 is 0. The number of rotatable bonds is 4. The summed E-state index contributed by atoms with van der Waals surface area (Å²) in [7, 11) is 0. The average Bonchev–Trinajstić information content (AvgIpc) is 2.33. The largest absolute Gasteiger partial charge is 0.345 e. The molecule has 3 heteroatoms. The molecule has 1 amide bonds. The summed E-state index contributed by atoms with van der Waals surface area (Å²) in [5.41, 5.74) is 7.49. The van der Waals surface area contributed by atoms with E-state index in [1.165, 1.54) is 0 Å². The van der Waals surface area contributed by atoms with Crippen LogP contribution in [0.1, 0.15) is 42.1 Å². The molecule has 0 aromatic heterocycles. The van der Waals surface area contributed by atoms with Gasteiger partial charge in [-0.1, -0.05) is 25.1 Å². The Bertz CT molecular complexity index is 405. The van der Waals surface area contributed by atoms with E-state index in [9.17, 15) is 4.79 Å². The summed E-state index contributed by atoms with van der Waals surface area (Å²) in [4.78, 5) is 12.2. The van der Waals surface area contributed by atoms with Crippen LogP contribution in [0.3, 0.4) is 0 Å². The third-order valence-electron chi connectivity index (χ3n) is 3.72. The standard InChI is InChI=1S/C14H20N2O/c1-2-11-6-3-4-7-12(11)13(17)16-14(10-15)8-5-9-14/h3-4,6-7H,2,5,8-10,15H2,1H3,(H,16,17). The van der Waals surface area contributed by atoms with Crippen LogP contribution in [0.15, 0.2) is 24.3 Å². The normalized spacial score (nSPS) is 17.3. The summed E-state index contributed by atoms with van der Waals surface area (Å²) in [6, 6.07) is 7.77. The second-order valence-corrected chi connectivity index (χ2v) is 4.80. The smallest absolute Gasteiger partial charge is 0.252 e. The molecule has 1 aliphatic rings. The van der Waals surface area contributed by atoms with Crippen LogP contribution in [0.4, 0.5) is 0 Å². The molecule has 0 atom stereocenters. The van der Waals surface area contributed by atoms with Gasteiger partial charge in [0.15, 0.2) is 0 Å². The van der Waals surface area contributed by atoms with Gasteiger partial charge in [-0.05, 0) is 37.3 Å². The van der Waals surface area contributed by atoms with Crippen molar-refractivity contribution in [3.63, 3.8) is 0 Å². The van der Waals surface area contributed by atoms with Gasteiger partial charge >= 0.3 is 0 Å². The average molecular weight is 232 g/mol. The Labute approximate surface area is 102 Å². The molecule has 17 heavy (non-hydrogen) atoms. The maximum Gasteiger partial charge on any atom is 0.252 e. The lowest BCUT2D eigenvalue weighted by molar-refractivity contribution is 0.0836. The Morgan fingerprint density at radius 3 is 2.65 bits per heavy atom. The molecule has 1 aliphatic carbocycles. The summed E-state index contributed by atoms with van der Waals surface area (Å²) >= 11 is 0. The summed E-state index contributed by atoms with van der Waals surface area (Å²) in [6.07, 6.45) is 4.04. The molecular weight excluding hydrogens is 212 g/mol. The van der Waals surface area contributed by atoms with Gasteiger partial charge < -0.3 is 11.1 Å². The molecule has 0 radical (unpaired) electrons. The van der Waals surface area contributed by atoms with Crippen LogP contribution in [0.5, 0.6) is 0 Å². The molecular formula is C14H20N2O. The number of hydrogen-bond acceptors (Lipinski definition) is 2. The van der Waals surface area contributed by atoms with Crippen molar-refractivity contribution in [3.8, 4) is 0 Å². The number of nitrogens with two attached hydrogens (primary N) is 1. The zero-order valence-electron chi connectivity index (χ0n) is 10.3. The molecule has 0 heterocycles. The van der Waals surface area contributed by atoms with E-state index in [0.29, 0.717) is 6.54 Å². The number of carbonyl (C=O) groups excluding carboxylic acids is 1. The van der Waals surface area contributed by atoms with Crippen molar-refractivity contribution in [2.75, 3.05) is 6.54 Å². The molecule has 3 nitrogen and oxygen atoms in total. The molecule has 1 aromatic rings. The third-order valence-corrected chi connectivity index (χ3v) is 3.72. The van der Waals surface area contributed by atoms with Gasteiger partial charge in [-0.25, -0.2) is 0 Å². The third kappa shape index (κ3) is 2.34. The van der Waals surface area contributed by atoms with Gasteiger partial charge in [-0.3, -0.25) is 4.79 Å². The highest BCUT2D eigenvalue weighted by Crippen LogP contribution is 2.31. The second-order valence-electron chi connectivity index (χ2n) is 4.80. The van der Waals surface area contributed by atoms with Gasteiger partial charge in [-0.15, -0.1) is 0 Å². The SMILES string of the molecule is CCc1ccccc1C(=O)NC1(CN)CCC1. The van der Waals surface area contributed by atoms with E-state index in [1.807, 2.05) is 24.3 Å². The van der Waals surface area contributed by atoms with Gasteiger partial charge in [0.25, 0.3) is 5.91 Å². The Morgan fingerprint density at radius 2 is 2.12 bits per heavy atom. The van der Waals surface area contributed by atoms with E-state index >= 15 is 0 Å².